The molecule has 0 fully saturated rings. The number of hydrogen-bond donors (Lipinski definition) is 0. The van der Waals surface area contributed by atoms with Crippen molar-refractivity contribution in [2.75, 3.05) is 14.2 Å². The monoisotopic (exact) mass is 334 g/mol. The third kappa shape index (κ3) is 2.85. The van der Waals surface area contributed by atoms with E-state index in [9.17, 15) is 4.79 Å². The van der Waals surface area contributed by atoms with Crippen molar-refractivity contribution in [3.8, 4) is 11.5 Å². The largest absolute Gasteiger partial charge is 0.496 e. The lowest BCUT2D eigenvalue weighted by Crippen LogP contribution is -2.02. The Hall–Kier alpha value is -1.81. The molecular formula is C16H15BrO3. The van der Waals surface area contributed by atoms with Gasteiger partial charge in [-0.1, -0.05) is 12.1 Å². The third-order valence-electron chi connectivity index (χ3n) is 3.08. The van der Waals surface area contributed by atoms with E-state index in [0.29, 0.717) is 22.6 Å². The number of rotatable bonds is 4. The molecule has 0 N–H and O–H groups in total. The SMILES string of the molecule is COc1cc(C(=O)c2ccc(OC)c(Br)c2)ccc1C. The van der Waals surface area contributed by atoms with Gasteiger partial charge in [-0.2, -0.15) is 0 Å². The standard InChI is InChI=1S/C16H15BrO3/c1-10-4-5-12(9-15(10)20-3)16(18)11-6-7-14(19-2)13(17)8-11/h4-9H,1-3H3. The molecule has 2 aromatic rings. The molecule has 0 aliphatic rings. The van der Waals surface area contributed by atoms with Gasteiger partial charge in [-0.25, -0.2) is 0 Å². The van der Waals surface area contributed by atoms with Gasteiger partial charge in [0.15, 0.2) is 5.78 Å². The van der Waals surface area contributed by atoms with Gasteiger partial charge in [-0.05, 0) is 52.7 Å². The summed E-state index contributed by atoms with van der Waals surface area (Å²) in [6.07, 6.45) is 0. The topological polar surface area (TPSA) is 35.5 Å². The van der Waals surface area contributed by atoms with Crippen molar-refractivity contribution in [1.29, 1.82) is 0 Å². The summed E-state index contributed by atoms with van der Waals surface area (Å²) in [6, 6.07) is 10.7. The van der Waals surface area contributed by atoms with Crippen LogP contribution in [-0.4, -0.2) is 20.0 Å². The molecule has 2 rings (SSSR count). The Bertz CT molecular complexity index is 650. The highest BCUT2D eigenvalue weighted by atomic mass is 79.9. The summed E-state index contributed by atoms with van der Waals surface area (Å²) < 4.78 is 11.2. The van der Waals surface area contributed by atoms with Crippen molar-refractivity contribution in [1.82, 2.24) is 0 Å². The molecule has 20 heavy (non-hydrogen) atoms. The van der Waals surface area contributed by atoms with Crippen LogP contribution in [-0.2, 0) is 0 Å². The first-order valence-corrected chi connectivity index (χ1v) is 6.89. The van der Waals surface area contributed by atoms with E-state index >= 15 is 0 Å². The summed E-state index contributed by atoms with van der Waals surface area (Å²) in [7, 11) is 3.19. The van der Waals surface area contributed by atoms with Gasteiger partial charge in [-0.15, -0.1) is 0 Å². The Labute approximate surface area is 126 Å². The smallest absolute Gasteiger partial charge is 0.193 e. The summed E-state index contributed by atoms with van der Waals surface area (Å²) in [6.45, 7) is 1.94. The highest BCUT2D eigenvalue weighted by Gasteiger charge is 2.13. The number of aryl methyl sites for hydroxylation is 1. The first-order valence-electron chi connectivity index (χ1n) is 6.09. The lowest BCUT2D eigenvalue weighted by Gasteiger charge is -2.08. The number of methoxy groups -OCH3 is 2. The maximum absolute atomic E-state index is 12.5. The van der Waals surface area contributed by atoms with Crippen molar-refractivity contribution < 1.29 is 14.3 Å². The van der Waals surface area contributed by atoms with Crippen LogP contribution in [0.25, 0.3) is 0 Å². The van der Waals surface area contributed by atoms with E-state index in [1.807, 2.05) is 13.0 Å². The molecule has 0 atom stereocenters. The summed E-state index contributed by atoms with van der Waals surface area (Å²) in [5.74, 6) is 1.36. The third-order valence-corrected chi connectivity index (χ3v) is 3.70. The first-order chi connectivity index (χ1) is 9.56. The summed E-state index contributed by atoms with van der Waals surface area (Å²) in [5, 5.41) is 0. The van der Waals surface area contributed by atoms with Crippen LogP contribution in [0.5, 0.6) is 11.5 Å². The first kappa shape index (κ1) is 14.6. The molecule has 0 radical (unpaired) electrons. The number of ether oxygens (including phenoxy) is 2. The second-order valence-corrected chi connectivity index (χ2v) is 5.22. The zero-order valence-electron chi connectivity index (χ0n) is 11.6. The van der Waals surface area contributed by atoms with Crippen LogP contribution in [0, 0.1) is 6.92 Å². The molecule has 3 nitrogen and oxygen atoms in total. The Morgan fingerprint density at radius 2 is 1.55 bits per heavy atom. The quantitative estimate of drug-likeness (QED) is 0.792. The minimum absolute atomic E-state index is 0.0494. The molecule has 0 aliphatic heterocycles. The van der Waals surface area contributed by atoms with Crippen molar-refractivity contribution in [3.05, 3.63) is 57.6 Å². The number of carbonyl (C=O) groups excluding carboxylic acids is 1. The highest BCUT2D eigenvalue weighted by molar-refractivity contribution is 9.10. The second-order valence-electron chi connectivity index (χ2n) is 4.36. The lowest BCUT2D eigenvalue weighted by molar-refractivity contribution is 0.103. The fourth-order valence-corrected chi connectivity index (χ4v) is 2.48. The van der Waals surface area contributed by atoms with Gasteiger partial charge < -0.3 is 9.47 Å². The van der Waals surface area contributed by atoms with Gasteiger partial charge in [0.25, 0.3) is 0 Å². The van der Waals surface area contributed by atoms with E-state index in [1.165, 1.54) is 0 Å². The van der Waals surface area contributed by atoms with Crippen molar-refractivity contribution in [2.24, 2.45) is 0 Å². The molecule has 0 unspecified atom stereocenters. The van der Waals surface area contributed by atoms with E-state index < -0.39 is 0 Å². The Morgan fingerprint density at radius 1 is 0.950 bits per heavy atom. The number of benzene rings is 2. The maximum Gasteiger partial charge on any atom is 0.193 e. The van der Waals surface area contributed by atoms with Crippen LogP contribution in [0.1, 0.15) is 21.5 Å². The number of ketones is 1. The fourth-order valence-electron chi connectivity index (χ4n) is 1.94. The van der Waals surface area contributed by atoms with E-state index in [1.54, 1.807) is 44.6 Å². The van der Waals surface area contributed by atoms with Crippen molar-refractivity contribution in [2.45, 2.75) is 6.92 Å². The molecule has 0 amide bonds. The average Bonchev–Trinajstić information content (AvgIpc) is 2.47. The van der Waals surface area contributed by atoms with Gasteiger partial charge >= 0.3 is 0 Å². The predicted octanol–water partition coefficient (Wildman–Crippen LogP) is 4.01. The van der Waals surface area contributed by atoms with Gasteiger partial charge in [0.1, 0.15) is 11.5 Å². The molecule has 0 aliphatic carbocycles. The average molecular weight is 335 g/mol. The van der Waals surface area contributed by atoms with Gasteiger partial charge in [0.05, 0.1) is 18.7 Å². The van der Waals surface area contributed by atoms with Crippen LogP contribution in [0.15, 0.2) is 40.9 Å². The molecule has 104 valence electrons. The van der Waals surface area contributed by atoms with Gasteiger partial charge in [-0.3, -0.25) is 4.79 Å². The van der Waals surface area contributed by atoms with Crippen molar-refractivity contribution >= 4 is 21.7 Å². The molecule has 0 spiro atoms. The van der Waals surface area contributed by atoms with Crippen LogP contribution in [0.3, 0.4) is 0 Å². The van der Waals surface area contributed by atoms with Crippen LogP contribution >= 0.6 is 15.9 Å². The molecule has 0 saturated heterocycles. The minimum atomic E-state index is -0.0494. The van der Waals surface area contributed by atoms with E-state index in [2.05, 4.69) is 15.9 Å². The van der Waals surface area contributed by atoms with Crippen LogP contribution < -0.4 is 9.47 Å². The highest BCUT2D eigenvalue weighted by Crippen LogP contribution is 2.27. The van der Waals surface area contributed by atoms with E-state index in [0.717, 1.165) is 10.0 Å². The zero-order valence-corrected chi connectivity index (χ0v) is 13.2. The second kappa shape index (κ2) is 6.09. The zero-order chi connectivity index (χ0) is 14.7. The van der Waals surface area contributed by atoms with Gasteiger partial charge in [0, 0.05) is 11.1 Å². The summed E-state index contributed by atoms with van der Waals surface area (Å²) in [5.41, 5.74) is 2.20. The lowest BCUT2D eigenvalue weighted by atomic mass is 10.0. The van der Waals surface area contributed by atoms with E-state index in [4.69, 9.17) is 9.47 Å². The predicted molar refractivity (Wildman–Crippen MR) is 81.9 cm³/mol. The molecule has 0 saturated carbocycles. The molecule has 0 heterocycles. The van der Waals surface area contributed by atoms with Crippen molar-refractivity contribution in [3.63, 3.8) is 0 Å². The molecule has 4 heteroatoms. The van der Waals surface area contributed by atoms with E-state index in [-0.39, 0.29) is 5.78 Å². The maximum atomic E-state index is 12.5. The summed E-state index contributed by atoms with van der Waals surface area (Å²) >= 11 is 3.39. The fraction of sp³-hybridized carbons (Fsp3) is 0.188. The number of carbonyl (C=O) groups is 1. The van der Waals surface area contributed by atoms with Crippen LogP contribution in [0.2, 0.25) is 0 Å². The minimum Gasteiger partial charge on any atom is -0.496 e. The molecule has 0 bridgehead atoms. The Balaban J connectivity index is 2.38. The van der Waals surface area contributed by atoms with Gasteiger partial charge in [0.2, 0.25) is 0 Å². The summed E-state index contributed by atoms with van der Waals surface area (Å²) in [4.78, 5) is 12.5. The number of hydrogen-bond acceptors (Lipinski definition) is 3. The normalized spacial score (nSPS) is 10.2. The molecule has 0 aromatic heterocycles. The molecular weight excluding hydrogens is 320 g/mol. The Morgan fingerprint density at radius 3 is 2.15 bits per heavy atom. The Kier molecular flexibility index (Phi) is 4.45. The number of halogens is 1. The van der Waals surface area contributed by atoms with Crippen LogP contribution in [0.4, 0.5) is 0 Å². The molecule has 2 aromatic carbocycles.